The van der Waals surface area contributed by atoms with E-state index in [0.29, 0.717) is 5.57 Å². The highest BCUT2D eigenvalue weighted by molar-refractivity contribution is 6.16. The molecule has 0 bridgehead atoms. The van der Waals surface area contributed by atoms with Crippen LogP contribution in [0.15, 0.2) is 47.1 Å². The molecule has 1 fully saturated rings. The Kier molecular flexibility index (Phi) is 1.78. The summed E-state index contributed by atoms with van der Waals surface area (Å²) < 4.78 is 0. The van der Waals surface area contributed by atoms with E-state index in [-0.39, 0.29) is 17.7 Å². The largest absolute Gasteiger partial charge is 0.278 e. The fourth-order valence-corrected chi connectivity index (χ4v) is 2.49. The van der Waals surface area contributed by atoms with Crippen LogP contribution in [0.5, 0.6) is 0 Å². The quantitative estimate of drug-likeness (QED) is 0.570. The van der Waals surface area contributed by atoms with Crippen molar-refractivity contribution in [3.05, 3.63) is 47.1 Å². The summed E-state index contributed by atoms with van der Waals surface area (Å²) in [6, 6.07) is 0. The molecule has 1 unspecified atom stereocenters. The van der Waals surface area contributed by atoms with Gasteiger partial charge in [0, 0.05) is 24.1 Å². The normalized spacial score (nSPS) is 27.2. The average molecular weight is 213 g/mol. The third-order valence-corrected chi connectivity index (χ3v) is 3.31. The first-order chi connectivity index (χ1) is 7.70. The molecule has 1 aliphatic heterocycles. The first-order valence-electron chi connectivity index (χ1n) is 5.31. The molecule has 0 N–H and O–H groups in total. The van der Waals surface area contributed by atoms with E-state index < -0.39 is 0 Å². The van der Waals surface area contributed by atoms with Gasteiger partial charge in [0.2, 0.25) is 0 Å². The molecule has 0 aromatic rings. The van der Waals surface area contributed by atoms with Crippen LogP contribution in [0.1, 0.15) is 6.42 Å². The molecule has 3 nitrogen and oxygen atoms in total. The van der Waals surface area contributed by atoms with Gasteiger partial charge >= 0.3 is 0 Å². The Morgan fingerprint density at radius 2 is 1.94 bits per heavy atom. The minimum absolute atomic E-state index is 0.116. The fraction of sp³-hybridized carbons (Fsp3) is 0.231. The molecule has 2 aliphatic carbocycles. The van der Waals surface area contributed by atoms with E-state index in [2.05, 4.69) is 6.08 Å². The van der Waals surface area contributed by atoms with Crippen molar-refractivity contribution in [3.8, 4) is 0 Å². The van der Waals surface area contributed by atoms with Crippen LogP contribution in [0.25, 0.3) is 0 Å². The number of likely N-dealkylation sites (tertiary alicyclic amines) is 1. The Hall–Kier alpha value is -1.90. The second-order valence-corrected chi connectivity index (χ2v) is 4.18. The number of imide groups is 1. The molecule has 3 rings (SSSR count). The lowest BCUT2D eigenvalue weighted by atomic mass is 9.75. The molecule has 80 valence electrons. The van der Waals surface area contributed by atoms with E-state index >= 15 is 0 Å². The molecule has 0 aromatic carbocycles. The summed E-state index contributed by atoms with van der Waals surface area (Å²) in [6.07, 6.45) is 10.4. The van der Waals surface area contributed by atoms with Crippen molar-refractivity contribution in [1.29, 1.82) is 0 Å². The summed E-state index contributed by atoms with van der Waals surface area (Å²) >= 11 is 0. The Labute approximate surface area is 93.4 Å². The van der Waals surface area contributed by atoms with Crippen LogP contribution in [0, 0.1) is 5.92 Å². The molecule has 2 amide bonds. The van der Waals surface area contributed by atoms with Crippen molar-refractivity contribution in [2.45, 2.75) is 6.42 Å². The highest BCUT2D eigenvalue weighted by Crippen LogP contribution is 2.40. The van der Waals surface area contributed by atoms with Crippen molar-refractivity contribution in [1.82, 2.24) is 4.90 Å². The number of hydrogen-bond acceptors (Lipinski definition) is 2. The Morgan fingerprint density at radius 1 is 1.19 bits per heavy atom. The standard InChI is InChI=1S/C13H11NO2/c1-14-12(15)9-6-2-4-8-5-3-7-10(11(8)9)13(14)16/h2,4-7,11H,3H2,1H3. The van der Waals surface area contributed by atoms with Crippen LogP contribution in [0.4, 0.5) is 0 Å². The highest BCUT2D eigenvalue weighted by atomic mass is 16.2. The molecule has 3 heteroatoms. The molecular formula is C13H11NO2. The molecule has 0 spiro atoms. The first-order valence-corrected chi connectivity index (χ1v) is 5.31. The lowest BCUT2D eigenvalue weighted by Crippen LogP contribution is -2.45. The predicted octanol–water partition coefficient (Wildman–Crippen LogP) is 1.35. The maximum atomic E-state index is 12.0. The van der Waals surface area contributed by atoms with E-state index in [0.717, 1.165) is 17.6 Å². The zero-order chi connectivity index (χ0) is 11.3. The minimum atomic E-state index is -0.177. The lowest BCUT2D eigenvalue weighted by Gasteiger charge is -2.35. The third-order valence-electron chi connectivity index (χ3n) is 3.31. The van der Waals surface area contributed by atoms with E-state index in [1.165, 1.54) is 4.90 Å². The fourth-order valence-electron chi connectivity index (χ4n) is 2.49. The number of hydrogen-bond donors (Lipinski definition) is 0. The summed E-state index contributed by atoms with van der Waals surface area (Å²) in [5.74, 6) is -0.452. The number of likely N-dealkylation sites (N-methyl/N-ethyl adjacent to an activating group) is 1. The SMILES string of the molecule is CN1C(=O)C2=CC=CC3=CCC=C(C1=O)C32. The van der Waals surface area contributed by atoms with Gasteiger partial charge in [-0.1, -0.05) is 30.4 Å². The van der Waals surface area contributed by atoms with Gasteiger partial charge in [0.1, 0.15) is 0 Å². The van der Waals surface area contributed by atoms with Crippen molar-refractivity contribution in [2.24, 2.45) is 5.92 Å². The van der Waals surface area contributed by atoms with Crippen LogP contribution >= 0.6 is 0 Å². The van der Waals surface area contributed by atoms with Gasteiger partial charge in [-0.25, -0.2) is 0 Å². The second-order valence-electron chi connectivity index (χ2n) is 4.18. The van der Waals surface area contributed by atoms with Gasteiger partial charge < -0.3 is 0 Å². The second kappa shape index (κ2) is 3.04. The lowest BCUT2D eigenvalue weighted by molar-refractivity contribution is -0.140. The maximum Gasteiger partial charge on any atom is 0.257 e. The van der Waals surface area contributed by atoms with Crippen LogP contribution in [-0.4, -0.2) is 23.8 Å². The van der Waals surface area contributed by atoms with Crippen LogP contribution < -0.4 is 0 Å². The van der Waals surface area contributed by atoms with Crippen LogP contribution in [0.3, 0.4) is 0 Å². The van der Waals surface area contributed by atoms with Gasteiger partial charge in [-0.2, -0.15) is 0 Å². The smallest absolute Gasteiger partial charge is 0.257 e. The Morgan fingerprint density at radius 3 is 2.75 bits per heavy atom. The predicted molar refractivity (Wildman–Crippen MR) is 59.3 cm³/mol. The number of nitrogens with zero attached hydrogens (tertiary/aromatic N) is 1. The molecular weight excluding hydrogens is 202 g/mol. The number of piperidine rings is 1. The van der Waals surface area contributed by atoms with Gasteiger partial charge in [-0.05, 0) is 12.0 Å². The van der Waals surface area contributed by atoms with E-state index in [9.17, 15) is 9.59 Å². The average Bonchev–Trinajstić information content (AvgIpc) is 2.33. The molecule has 3 aliphatic rings. The van der Waals surface area contributed by atoms with Crippen LogP contribution in [0.2, 0.25) is 0 Å². The minimum Gasteiger partial charge on any atom is -0.278 e. The molecule has 1 atom stereocenters. The van der Waals surface area contributed by atoms with Crippen molar-refractivity contribution in [2.75, 3.05) is 7.05 Å². The van der Waals surface area contributed by atoms with Gasteiger partial charge in [0.05, 0.1) is 0 Å². The zero-order valence-corrected chi connectivity index (χ0v) is 8.93. The zero-order valence-electron chi connectivity index (χ0n) is 8.93. The summed E-state index contributed by atoms with van der Waals surface area (Å²) in [5.41, 5.74) is 2.53. The van der Waals surface area contributed by atoms with Gasteiger partial charge in [-0.15, -0.1) is 0 Å². The van der Waals surface area contributed by atoms with Gasteiger partial charge in [0.15, 0.2) is 0 Å². The molecule has 0 aromatic heterocycles. The molecule has 0 radical (unpaired) electrons. The molecule has 0 saturated carbocycles. The highest BCUT2D eigenvalue weighted by Gasteiger charge is 2.41. The summed E-state index contributed by atoms with van der Waals surface area (Å²) in [4.78, 5) is 25.1. The van der Waals surface area contributed by atoms with E-state index in [1.54, 1.807) is 7.05 Å². The molecule has 16 heavy (non-hydrogen) atoms. The van der Waals surface area contributed by atoms with Crippen LogP contribution in [-0.2, 0) is 9.59 Å². The topological polar surface area (TPSA) is 37.4 Å². The number of carbonyl (C=O) groups excluding carboxylic acids is 2. The van der Waals surface area contributed by atoms with E-state index in [4.69, 9.17) is 0 Å². The number of carbonyl (C=O) groups is 2. The summed E-state index contributed by atoms with van der Waals surface area (Å²) in [7, 11) is 1.54. The number of amides is 2. The van der Waals surface area contributed by atoms with Crippen molar-refractivity contribution < 1.29 is 9.59 Å². The van der Waals surface area contributed by atoms with E-state index in [1.807, 2.05) is 24.3 Å². The van der Waals surface area contributed by atoms with Gasteiger partial charge in [-0.3, -0.25) is 14.5 Å². The molecule has 1 saturated heterocycles. The Balaban J connectivity index is 2.20. The van der Waals surface area contributed by atoms with Gasteiger partial charge in [0.25, 0.3) is 11.8 Å². The summed E-state index contributed by atoms with van der Waals surface area (Å²) in [5, 5.41) is 0. The molecule has 1 heterocycles. The van der Waals surface area contributed by atoms with Crippen molar-refractivity contribution >= 4 is 11.8 Å². The summed E-state index contributed by atoms with van der Waals surface area (Å²) in [6.45, 7) is 0. The maximum absolute atomic E-state index is 12.0. The monoisotopic (exact) mass is 213 g/mol. The number of rotatable bonds is 0. The number of allylic oxidation sites excluding steroid dienone is 6. The first kappa shape index (κ1) is 9.33. The van der Waals surface area contributed by atoms with Crippen molar-refractivity contribution in [3.63, 3.8) is 0 Å². The third kappa shape index (κ3) is 1.03. The Bertz CT molecular complexity index is 520.